The van der Waals surface area contributed by atoms with Gasteiger partial charge in [0.05, 0.1) is 15.1 Å². The number of hydrogen-bond donors (Lipinski definition) is 1. The van der Waals surface area contributed by atoms with Crippen LogP contribution in [0.15, 0.2) is 44.2 Å². The van der Waals surface area contributed by atoms with Crippen molar-refractivity contribution in [2.75, 3.05) is 4.72 Å². The maximum atomic E-state index is 13.5. The highest BCUT2D eigenvalue weighted by atomic mass is 79.9. The summed E-state index contributed by atoms with van der Waals surface area (Å²) in [6, 6.07) is 7.32. The molecule has 2 aromatic carbocycles. The third kappa shape index (κ3) is 3.64. The van der Waals surface area contributed by atoms with Crippen molar-refractivity contribution in [1.29, 1.82) is 0 Å². The van der Waals surface area contributed by atoms with E-state index in [1.54, 1.807) is 13.8 Å². The SMILES string of the molecule is Cc1cc(Br)cc(C)c1NS(=O)(=O)c1ccc(Br)c(F)c1. The molecule has 112 valence electrons. The van der Waals surface area contributed by atoms with E-state index in [2.05, 4.69) is 36.6 Å². The van der Waals surface area contributed by atoms with E-state index in [9.17, 15) is 12.8 Å². The summed E-state index contributed by atoms with van der Waals surface area (Å²) in [6.45, 7) is 3.61. The zero-order valence-electron chi connectivity index (χ0n) is 11.2. The Hall–Kier alpha value is -0.920. The maximum absolute atomic E-state index is 13.5. The van der Waals surface area contributed by atoms with Gasteiger partial charge in [-0.15, -0.1) is 0 Å². The predicted octanol–water partition coefficient (Wildman–Crippen LogP) is 4.77. The molecule has 0 amide bonds. The lowest BCUT2D eigenvalue weighted by molar-refractivity contribution is 0.593. The molecule has 0 atom stereocenters. The third-order valence-electron chi connectivity index (χ3n) is 2.94. The molecule has 7 heteroatoms. The second kappa shape index (κ2) is 6.06. The summed E-state index contributed by atoms with van der Waals surface area (Å²) in [5.74, 6) is -0.623. The second-order valence-electron chi connectivity index (χ2n) is 4.60. The molecule has 2 aromatic rings. The molecule has 0 radical (unpaired) electrons. The fourth-order valence-corrected chi connectivity index (χ4v) is 4.06. The Bertz CT molecular complexity index is 784. The highest BCUT2D eigenvalue weighted by molar-refractivity contribution is 9.10. The number of hydrogen-bond acceptors (Lipinski definition) is 2. The Labute approximate surface area is 139 Å². The van der Waals surface area contributed by atoms with Crippen LogP contribution in [0.3, 0.4) is 0 Å². The van der Waals surface area contributed by atoms with Crippen LogP contribution >= 0.6 is 31.9 Å². The topological polar surface area (TPSA) is 46.2 Å². The first-order valence-electron chi connectivity index (χ1n) is 5.95. The number of anilines is 1. The molecule has 0 aliphatic rings. The van der Waals surface area contributed by atoms with E-state index in [0.717, 1.165) is 21.7 Å². The summed E-state index contributed by atoms with van der Waals surface area (Å²) in [4.78, 5) is -0.120. The quantitative estimate of drug-likeness (QED) is 0.753. The monoisotopic (exact) mass is 435 g/mol. The minimum Gasteiger partial charge on any atom is -0.279 e. The van der Waals surface area contributed by atoms with Crippen LogP contribution in [0.5, 0.6) is 0 Å². The van der Waals surface area contributed by atoms with E-state index in [-0.39, 0.29) is 9.37 Å². The number of benzene rings is 2. The van der Waals surface area contributed by atoms with Crippen LogP contribution < -0.4 is 4.72 Å². The third-order valence-corrected chi connectivity index (χ3v) is 5.38. The molecular formula is C14H12Br2FNO2S. The van der Waals surface area contributed by atoms with Gasteiger partial charge in [0.2, 0.25) is 0 Å². The first-order valence-corrected chi connectivity index (χ1v) is 9.02. The smallest absolute Gasteiger partial charge is 0.262 e. The van der Waals surface area contributed by atoms with Gasteiger partial charge in [-0.3, -0.25) is 4.72 Å². The normalized spacial score (nSPS) is 11.5. The molecular weight excluding hydrogens is 425 g/mol. The molecule has 0 spiro atoms. The molecule has 0 aliphatic heterocycles. The molecule has 0 fully saturated rings. The summed E-state index contributed by atoms with van der Waals surface area (Å²) >= 11 is 6.36. The average molecular weight is 437 g/mol. The van der Waals surface area contributed by atoms with Crippen molar-refractivity contribution in [3.63, 3.8) is 0 Å². The Morgan fingerprint density at radius 1 is 1.05 bits per heavy atom. The number of aryl methyl sites for hydroxylation is 2. The first kappa shape index (κ1) is 16.5. The van der Waals surface area contributed by atoms with Crippen molar-refractivity contribution in [2.45, 2.75) is 18.7 Å². The Kier molecular flexibility index (Phi) is 4.75. The van der Waals surface area contributed by atoms with Crippen LogP contribution in [0.1, 0.15) is 11.1 Å². The molecule has 0 aromatic heterocycles. The number of halogens is 3. The van der Waals surface area contributed by atoms with Gasteiger partial charge < -0.3 is 0 Å². The summed E-state index contributed by atoms with van der Waals surface area (Å²) in [7, 11) is -3.84. The van der Waals surface area contributed by atoms with Crippen LogP contribution in [-0.4, -0.2) is 8.42 Å². The van der Waals surface area contributed by atoms with Gasteiger partial charge in [0.25, 0.3) is 10.0 Å². The van der Waals surface area contributed by atoms with E-state index in [0.29, 0.717) is 5.69 Å². The molecule has 2 rings (SSSR count). The van der Waals surface area contributed by atoms with Gasteiger partial charge in [0.1, 0.15) is 5.82 Å². The summed E-state index contributed by atoms with van der Waals surface area (Å²) in [5, 5.41) is 0. The van der Waals surface area contributed by atoms with E-state index in [4.69, 9.17) is 0 Å². The molecule has 1 N–H and O–H groups in total. The number of rotatable bonds is 3. The zero-order chi connectivity index (χ0) is 15.8. The fraction of sp³-hybridized carbons (Fsp3) is 0.143. The molecule has 0 saturated carbocycles. The van der Waals surface area contributed by atoms with Gasteiger partial charge in [0, 0.05) is 4.47 Å². The predicted molar refractivity (Wildman–Crippen MR) is 88.5 cm³/mol. The minimum atomic E-state index is -3.84. The van der Waals surface area contributed by atoms with Gasteiger partial charge in [0.15, 0.2) is 0 Å². The van der Waals surface area contributed by atoms with Gasteiger partial charge in [-0.25, -0.2) is 12.8 Å². The van der Waals surface area contributed by atoms with Crippen molar-refractivity contribution >= 4 is 47.6 Å². The summed E-state index contributed by atoms with van der Waals surface area (Å²) in [5.41, 5.74) is 2.06. The average Bonchev–Trinajstić information content (AvgIpc) is 2.37. The van der Waals surface area contributed by atoms with Crippen LogP contribution in [0.25, 0.3) is 0 Å². The van der Waals surface area contributed by atoms with Crippen molar-refractivity contribution in [3.05, 3.63) is 56.2 Å². The van der Waals surface area contributed by atoms with Crippen molar-refractivity contribution in [2.24, 2.45) is 0 Å². The van der Waals surface area contributed by atoms with E-state index >= 15 is 0 Å². The largest absolute Gasteiger partial charge is 0.279 e. The molecule has 0 bridgehead atoms. The lowest BCUT2D eigenvalue weighted by Crippen LogP contribution is -2.15. The zero-order valence-corrected chi connectivity index (χ0v) is 15.2. The summed E-state index contributed by atoms with van der Waals surface area (Å²) < 4.78 is 41.8. The van der Waals surface area contributed by atoms with E-state index in [1.165, 1.54) is 12.1 Å². The van der Waals surface area contributed by atoms with Gasteiger partial charge in [-0.05, 0) is 71.2 Å². The molecule has 0 heterocycles. The standard InChI is InChI=1S/C14H12Br2FNO2S/c1-8-5-10(15)6-9(2)14(8)18-21(19,20)11-3-4-12(16)13(17)7-11/h3-7,18H,1-2H3. The second-order valence-corrected chi connectivity index (χ2v) is 8.05. The Balaban J connectivity index is 2.44. The fourth-order valence-electron chi connectivity index (χ4n) is 1.91. The first-order chi connectivity index (χ1) is 9.70. The Morgan fingerprint density at radius 2 is 1.62 bits per heavy atom. The van der Waals surface area contributed by atoms with Crippen LogP contribution in [0.2, 0.25) is 0 Å². The number of sulfonamides is 1. The number of nitrogens with one attached hydrogen (secondary N) is 1. The van der Waals surface area contributed by atoms with E-state index in [1.807, 2.05) is 12.1 Å². The van der Waals surface area contributed by atoms with Crippen molar-refractivity contribution in [1.82, 2.24) is 0 Å². The maximum Gasteiger partial charge on any atom is 0.262 e. The van der Waals surface area contributed by atoms with Crippen molar-refractivity contribution < 1.29 is 12.8 Å². The molecule has 21 heavy (non-hydrogen) atoms. The van der Waals surface area contributed by atoms with Crippen LogP contribution in [0.4, 0.5) is 10.1 Å². The lowest BCUT2D eigenvalue weighted by Gasteiger charge is -2.14. The highest BCUT2D eigenvalue weighted by Crippen LogP contribution is 2.28. The van der Waals surface area contributed by atoms with Gasteiger partial charge in [-0.1, -0.05) is 15.9 Å². The molecule has 0 aliphatic carbocycles. The van der Waals surface area contributed by atoms with Gasteiger partial charge >= 0.3 is 0 Å². The summed E-state index contributed by atoms with van der Waals surface area (Å²) in [6.07, 6.45) is 0. The molecule has 0 unspecified atom stereocenters. The van der Waals surface area contributed by atoms with Crippen LogP contribution in [-0.2, 0) is 10.0 Å². The highest BCUT2D eigenvalue weighted by Gasteiger charge is 2.18. The van der Waals surface area contributed by atoms with Crippen LogP contribution in [0, 0.1) is 19.7 Å². The molecule has 0 saturated heterocycles. The molecule has 3 nitrogen and oxygen atoms in total. The van der Waals surface area contributed by atoms with Crippen molar-refractivity contribution in [3.8, 4) is 0 Å². The van der Waals surface area contributed by atoms with E-state index < -0.39 is 15.8 Å². The minimum absolute atomic E-state index is 0.120. The van der Waals surface area contributed by atoms with Gasteiger partial charge in [-0.2, -0.15) is 0 Å². The Morgan fingerprint density at radius 3 is 2.14 bits per heavy atom. The lowest BCUT2D eigenvalue weighted by atomic mass is 10.1.